The maximum atomic E-state index is 13.1. The van der Waals surface area contributed by atoms with Crippen molar-refractivity contribution >= 4 is 28.8 Å². The molecule has 0 spiro atoms. The van der Waals surface area contributed by atoms with Gasteiger partial charge in [0.1, 0.15) is 29.0 Å². The number of carbonyl (C=O) groups is 2. The number of fused-ring (bicyclic) bond motifs is 1. The van der Waals surface area contributed by atoms with E-state index in [2.05, 4.69) is 4.72 Å². The number of carbonyl (C=O) groups excluding carboxylic acids is 1. The number of benzene rings is 2. The van der Waals surface area contributed by atoms with Gasteiger partial charge < -0.3 is 5.11 Å². The summed E-state index contributed by atoms with van der Waals surface area (Å²) in [6.07, 6.45) is 3.27. The number of ketones is 1. The SMILES string of the molecule is CC(C)c1ccc2c(c1CC(=O)CC(=O)O)C=CC2NS(=O)c1ccc(F)cc1. The fourth-order valence-corrected chi connectivity index (χ4v) is 4.43. The molecule has 0 radical (unpaired) electrons. The molecular weight excluding hydrogens is 393 g/mol. The summed E-state index contributed by atoms with van der Waals surface area (Å²) in [5, 5.41) is 8.90. The first kappa shape index (κ1) is 21.1. The van der Waals surface area contributed by atoms with Crippen LogP contribution in [0.1, 0.15) is 54.5 Å². The molecule has 0 fully saturated rings. The Bertz CT molecular complexity index is 999. The minimum atomic E-state index is -1.54. The van der Waals surface area contributed by atoms with Crippen molar-refractivity contribution in [3.8, 4) is 0 Å². The van der Waals surface area contributed by atoms with Crippen LogP contribution in [-0.2, 0) is 27.0 Å². The molecule has 0 heterocycles. The van der Waals surface area contributed by atoms with Crippen molar-refractivity contribution in [3.63, 3.8) is 0 Å². The number of rotatable bonds is 8. The van der Waals surface area contributed by atoms with E-state index in [9.17, 15) is 18.2 Å². The minimum Gasteiger partial charge on any atom is -0.481 e. The molecule has 5 nitrogen and oxygen atoms in total. The highest BCUT2D eigenvalue weighted by Crippen LogP contribution is 2.36. The maximum Gasteiger partial charge on any atom is 0.310 e. The van der Waals surface area contributed by atoms with E-state index in [1.54, 1.807) is 0 Å². The van der Waals surface area contributed by atoms with E-state index < -0.39 is 29.2 Å². The zero-order chi connectivity index (χ0) is 21.1. The van der Waals surface area contributed by atoms with E-state index in [0.717, 1.165) is 22.3 Å². The molecule has 2 atom stereocenters. The predicted molar refractivity (Wildman–Crippen MR) is 109 cm³/mol. The van der Waals surface area contributed by atoms with Gasteiger partial charge in [-0.25, -0.2) is 13.3 Å². The summed E-state index contributed by atoms with van der Waals surface area (Å²) < 4.78 is 28.7. The number of carboxylic acid groups (broad SMARTS) is 1. The number of halogens is 1. The Morgan fingerprint density at radius 2 is 1.86 bits per heavy atom. The van der Waals surface area contributed by atoms with Crippen molar-refractivity contribution in [3.05, 3.63) is 70.5 Å². The molecule has 29 heavy (non-hydrogen) atoms. The molecule has 3 rings (SSSR count). The van der Waals surface area contributed by atoms with E-state index in [0.29, 0.717) is 4.90 Å². The Balaban J connectivity index is 1.88. The lowest BCUT2D eigenvalue weighted by Gasteiger charge is -2.19. The van der Waals surface area contributed by atoms with Crippen LogP contribution in [0.4, 0.5) is 4.39 Å². The normalized spacial score (nSPS) is 16.1. The van der Waals surface area contributed by atoms with Gasteiger partial charge in [0.2, 0.25) is 0 Å². The maximum absolute atomic E-state index is 13.1. The van der Waals surface area contributed by atoms with Crippen LogP contribution in [0.5, 0.6) is 0 Å². The first-order chi connectivity index (χ1) is 13.8. The van der Waals surface area contributed by atoms with Crippen LogP contribution in [0.15, 0.2) is 47.4 Å². The molecule has 0 saturated carbocycles. The molecule has 0 aromatic heterocycles. The molecule has 2 aromatic rings. The monoisotopic (exact) mass is 415 g/mol. The van der Waals surface area contributed by atoms with Crippen LogP contribution >= 0.6 is 0 Å². The Kier molecular flexibility index (Phi) is 6.39. The average molecular weight is 415 g/mol. The molecule has 2 unspecified atom stereocenters. The number of aliphatic carboxylic acids is 1. The molecule has 2 aromatic carbocycles. The topological polar surface area (TPSA) is 83.5 Å². The van der Waals surface area contributed by atoms with Crippen LogP contribution in [-0.4, -0.2) is 21.1 Å². The third-order valence-electron chi connectivity index (χ3n) is 4.82. The summed E-state index contributed by atoms with van der Waals surface area (Å²) in [5.41, 5.74) is 3.55. The van der Waals surface area contributed by atoms with Gasteiger partial charge in [0.25, 0.3) is 0 Å². The van der Waals surface area contributed by atoms with Gasteiger partial charge in [-0.3, -0.25) is 9.59 Å². The number of nitrogens with one attached hydrogen (secondary N) is 1. The lowest BCUT2D eigenvalue weighted by atomic mass is 9.88. The van der Waals surface area contributed by atoms with Crippen molar-refractivity contribution in [2.45, 2.75) is 43.5 Å². The third-order valence-corrected chi connectivity index (χ3v) is 5.99. The molecule has 0 aliphatic heterocycles. The summed E-state index contributed by atoms with van der Waals surface area (Å²) in [4.78, 5) is 23.5. The van der Waals surface area contributed by atoms with Gasteiger partial charge in [-0.15, -0.1) is 0 Å². The fraction of sp³-hybridized carbons (Fsp3) is 0.273. The molecule has 0 saturated heterocycles. The van der Waals surface area contributed by atoms with Crippen molar-refractivity contribution in [1.82, 2.24) is 4.72 Å². The second kappa shape index (κ2) is 8.80. The van der Waals surface area contributed by atoms with Crippen molar-refractivity contribution in [2.75, 3.05) is 0 Å². The summed E-state index contributed by atoms with van der Waals surface area (Å²) in [6.45, 7) is 4.04. The van der Waals surface area contributed by atoms with Crippen molar-refractivity contribution in [1.29, 1.82) is 0 Å². The quantitative estimate of drug-likeness (QED) is 0.640. The minimum absolute atomic E-state index is 0.0428. The van der Waals surface area contributed by atoms with Gasteiger partial charge in [0, 0.05) is 6.42 Å². The van der Waals surface area contributed by atoms with Crippen molar-refractivity contribution < 1.29 is 23.3 Å². The number of hydrogen-bond acceptors (Lipinski definition) is 3. The lowest BCUT2D eigenvalue weighted by molar-refractivity contribution is -0.140. The molecule has 7 heteroatoms. The van der Waals surface area contributed by atoms with Crippen LogP contribution in [0.2, 0.25) is 0 Å². The van der Waals surface area contributed by atoms with Gasteiger partial charge in [-0.1, -0.05) is 38.1 Å². The van der Waals surface area contributed by atoms with E-state index in [1.165, 1.54) is 24.3 Å². The Morgan fingerprint density at radius 3 is 2.48 bits per heavy atom. The van der Waals surface area contributed by atoms with Crippen molar-refractivity contribution in [2.24, 2.45) is 0 Å². The van der Waals surface area contributed by atoms with Crippen LogP contribution in [0, 0.1) is 5.82 Å². The molecule has 2 N–H and O–H groups in total. The van der Waals surface area contributed by atoms with Gasteiger partial charge in [0.05, 0.1) is 10.9 Å². The average Bonchev–Trinajstić information content (AvgIpc) is 3.05. The van der Waals surface area contributed by atoms with Crippen LogP contribution in [0.25, 0.3) is 6.08 Å². The van der Waals surface area contributed by atoms with E-state index in [-0.39, 0.29) is 24.2 Å². The molecule has 1 aliphatic carbocycles. The Labute approximate surface area is 171 Å². The van der Waals surface area contributed by atoms with Gasteiger partial charge in [-0.05, 0) is 52.4 Å². The summed E-state index contributed by atoms with van der Waals surface area (Å²) in [6, 6.07) is 9.00. The van der Waals surface area contributed by atoms with Crippen LogP contribution < -0.4 is 4.72 Å². The number of hydrogen-bond donors (Lipinski definition) is 2. The molecule has 1 aliphatic rings. The zero-order valence-electron chi connectivity index (χ0n) is 16.1. The summed E-state index contributed by atoms with van der Waals surface area (Å²) >= 11 is 0. The number of carboxylic acids is 1. The zero-order valence-corrected chi connectivity index (χ0v) is 17.0. The van der Waals surface area contributed by atoms with Gasteiger partial charge >= 0.3 is 5.97 Å². The lowest BCUT2D eigenvalue weighted by Crippen LogP contribution is -2.22. The third kappa shape index (κ3) is 4.86. The largest absolute Gasteiger partial charge is 0.481 e. The molecule has 152 valence electrons. The van der Waals surface area contributed by atoms with E-state index in [1.807, 2.05) is 38.1 Å². The highest BCUT2D eigenvalue weighted by atomic mass is 32.2. The highest BCUT2D eigenvalue weighted by molar-refractivity contribution is 7.83. The second-order valence-electron chi connectivity index (χ2n) is 7.25. The first-order valence-electron chi connectivity index (χ1n) is 9.27. The van der Waals surface area contributed by atoms with E-state index >= 15 is 0 Å². The van der Waals surface area contributed by atoms with Gasteiger partial charge in [-0.2, -0.15) is 0 Å². The fourth-order valence-electron chi connectivity index (χ4n) is 3.47. The molecule has 0 bridgehead atoms. The van der Waals surface area contributed by atoms with Crippen LogP contribution in [0.3, 0.4) is 0 Å². The summed E-state index contributed by atoms with van der Waals surface area (Å²) in [5.74, 6) is -1.72. The van der Waals surface area contributed by atoms with E-state index in [4.69, 9.17) is 5.11 Å². The molecular formula is C22H22FNO4S. The Morgan fingerprint density at radius 1 is 1.17 bits per heavy atom. The highest BCUT2D eigenvalue weighted by Gasteiger charge is 2.25. The standard InChI is InChI=1S/C22H22FNO4S/c1-13(2)17-7-8-19-18(20(17)11-15(25)12-22(26)27)9-10-21(19)24-29(28)16-5-3-14(23)4-6-16/h3-10,13,21,24H,11-12H2,1-2H3,(H,26,27). The second-order valence-corrected chi connectivity index (χ2v) is 8.50. The Hall–Kier alpha value is -2.64. The van der Waals surface area contributed by atoms with Gasteiger partial charge in [0.15, 0.2) is 0 Å². The first-order valence-corrected chi connectivity index (χ1v) is 10.4. The predicted octanol–water partition coefficient (Wildman–Crippen LogP) is 3.92. The summed E-state index contributed by atoms with van der Waals surface area (Å²) in [7, 11) is -1.54. The molecule has 0 amide bonds. The smallest absolute Gasteiger partial charge is 0.310 e. The number of Topliss-reactive ketones (excluding diaryl/α,β-unsaturated/α-hetero) is 1.